The third kappa shape index (κ3) is 3.19. The van der Waals surface area contributed by atoms with Gasteiger partial charge in [-0.05, 0) is 31.9 Å². The van der Waals surface area contributed by atoms with Gasteiger partial charge in [0, 0.05) is 51.8 Å². The summed E-state index contributed by atoms with van der Waals surface area (Å²) in [6.07, 6.45) is 6.98. The first-order valence-corrected chi connectivity index (χ1v) is 8.36. The average molecular weight is 327 g/mol. The number of piperidine rings is 1. The van der Waals surface area contributed by atoms with Crippen LogP contribution in [0.1, 0.15) is 24.2 Å². The Morgan fingerprint density at radius 3 is 2.62 bits per heavy atom. The molecule has 3 heterocycles. The molecule has 0 aliphatic carbocycles. The highest BCUT2D eigenvalue weighted by Gasteiger charge is 2.43. The normalized spacial score (nSPS) is 17.6. The lowest BCUT2D eigenvalue weighted by Crippen LogP contribution is -2.54. The van der Waals surface area contributed by atoms with Gasteiger partial charge in [0.15, 0.2) is 0 Å². The van der Waals surface area contributed by atoms with E-state index in [9.17, 15) is 4.79 Å². The second-order valence-electron chi connectivity index (χ2n) is 6.75. The van der Waals surface area contributed by atoms with E-state index in [2.05, 4.69) is 20.9 Å². The Labute approximate surface area is 143 Å². The van der Waals surface area contributed by atoms with Gasteiger partial charge in [-0.2, -0.15) is 0 Å². The second kappa shape index (κ2) is 6.73. The van der Waals surface area contributed by atoms with Crippen LogP contribution in [-0.4, -0.2) is 57.4 Å². The number of aryl methyl sites for hydroxylation is 1. The number of likely N-dealkylation sites (tertiary alicyclic amines) is 1. The maximum absolute atomic E-state index is 12.9. The highest BCUT2D eigenvalue weighted by molar-refractivity contribution is 5.84. The summed E-state index contributed by atoms with van der Waals surface area (Å²) >= 11 is 0. The van der Waals surface area contributed by atoms with Gasteiger partial charge >= 0.3 is 0 Å². The SMILES string of the molecule is Cc1cccc(CN2CCC(C(=O)N(C)C)(n3ccnc3)CC2)n1. The Kier molecular flexibility index (Phi) is 4.66. The van der Waals surface area contributed by atoms with Gasteiger partial charge in [0.2, 0.25) is 5.91 Å². The minimum Gasteiger partial charge on any atom is -0.347 e. The minimum absolute atomic E-state index is 0.147. The van der Waals surface area contributed by atoms with E-state index in [1.807, 2.05) is 43.9 Å². The van der Waals surface area contributed by atoms with Crippen molar-refractivity contribution in [1.29, 1.82) is 0 Å². The van der Waals surface area contributed by atoms with Crippen LogP contribution in [0.15, 0.2) is 36.9 Å². The van der Waals surface area contributed by atoms with E-state index in [-0.39, 0.29) is 5.91 Å². The number of rotatable bonds is 4. The number of pyridine rings is 1. The van der Waals surface area contributed by atoms with Gasteiger partial charge in [0.25, 0.3) is 0 Å². The molecule has 1 saturated heterocycles. The molecule has 2 aromatic heterocycles. The number of nitrogens with zero attached hydrogens (tertiary/aromatic N) is 5. The minimum atomic E-state index is -0.517. The number of aromatic nitrogens is 3. The van der Waals surface area contributed by atoms with Crippen molar-refractivity contribution < 1.29 is 4.79 Å². The zero-order valence-electron chi connectivity index (χ0n) is 14.6. The number of imidazole rings is 1. The highest BCUT2D eigenvalue weighted by Crippen LogP contribution is 2.32. The number of carbonyl (C=O) groups is 1. The number of hydrogen-bond acceptors (Lipinski definition) is 4. The summed E-state index contributed by atoms with van der Waals surface area (Å²) in [4.78, 5) is 25.7. The van der Waals surface area contributed by atoms with Gasteiger partial charge in [-0.3, -0.25) is 14.7 Å². The maximum Gasteiger partial charge on any atom is 0.248 e. The molecule has 3 rings (SSSR count). The fraction of sp³-hybridized carbons (Fsp3) is 0.500. The highest BCUT2D eigenvalue weighted by atomic mass is 16.2. The molecule has 0 saturated carbocycles. The van der Waals surface area contributed by atoms with E-state index in [0.717, 1.165) is 43.9 Å². The maximum atomic E-state index is 12.9. The summed E-state index contributed by atoms with van der Waals surface area (Å²) in [5, 5.41) is 0. The summed E-state index contributed by atoms with van der Waals surface area (Å²) in [5.74, 6) is 0.147. The molecule has 1 amide bonds. The van der Waals surface area contributed by atoms with Gasteiger partial charge in [-0.15, -0.1) is 0 Å². The number of likely N-dealkylation sites (N-methyl/N-ethyl adjacent to an activating group) is 1. The third-order valence-corrected chi connectivity index (χ3v) is 4.82. The molecule has 6 nitrogen and oxygen atoms in total. The van der Waals surface area contributed by atoms with E-state index in [1.165, 1.54) is 0 Å². The van der Waals surface area contributed by atoms with Gasteiger partial charge in [-0.25, -0.2) is 4.98 Å². The lowest BCUT2D eigenvalue weighted by atomic mass is 9.85. The Morgan fingerprint density at radius 1 is 1.29 bits per heavy atom. The van der Waals surface area contributed by atoms with Crippen LogP contribution in [0.2, 0.25) is 0 Å². The Bertz CT molecular complexity index is 687. The molecule has 0 unspecified atom stereocenters. The van der Waals surface area contributed by atoms with Gasteiger partial charge in [-0.1, -0.05) is 6.07 Å². The smallest absolute Gasteiger partial charge is 0.248 e. The summed E-state index contributed by atoms with van der Waals surface area (Å²) in [6.45, 7) is 4.58. The van der Waals surface area contributed by atoms with Crippen LogP contribution in [0, 0.1) is 6.92 Å². The van der Waals surface area contributed by atoms with Crippen molar-refractivity contribution in [2.24, 2.45) is 0 Å². The van der Waals surface area contributed by atoms with E-state index in [1.54, 1.807) is 17.4 Å². The largest absolute Gasteiger partial charge is 0.347 e. The van der Waals surface area contributed by atoms with Crippen LogP contribution >= 0.6 is 0 Å². The van der Waals surface area contributed by atoms with E-state index < -0.39 is 5.54 Å². The van der Waals surface area contributed by atoms with Gasteiger partial charge in [0.05, 0.1) is 12.0 Å². The first kappa shape index (κ1) is 16.6. The molecular weight excluding hydrogens is 302 g/mol. The first-order chi connectivity index (χ1) is 11.5. The van der Waals surface area contributed by atoms with Crippen molar-refractivity contribution in [2.45, 2.75) is 31.8 Å². The summed E-state index contributed by atoms with van der Waals surface area (Å²) < 4.78 is 1.98. The first-order valence-electron chi connectivity index (χ1n) is 8.36. The Balaban J connectivity index is 1.74. The Morgan fingerprint density at radius 2 is 2.04 bits per heavy atom. The molecule has 0 atom stereocenters. The fourth-order valence-electron chi connectivity index (χ4n) is 3.51. The van der Waals surface area contributed by atoms with Crippen LogP contribution in [-0.2, 0) is 16.9 Å². The van der Waals surface area contributed by atoms with Gasteiger partial charge < -0.3 is 9.47 Å². The van der Waals surface area contributed by atoms with Crippen molar-refractivity contribution >= 4 is 5.91 Å². The molecule has 128 valence electrons. The van der Waals surface area contributed by atoms with Crippen LogP contribution in [0.5, 0.6) is 0 Å². The van der Waals surface area contributed by atoms with Crippen LogP contribution in [0.4, 0.5) is 0 Å². The average Bonchev–Trinajstić information content (AvgIpc) is 3.10. The van der Waals surface area contributed by atoms with Crippen LogP contribution < -0.4 is 0 Å². The molecule has 2 aromatic rings. The number of hydrogen-bond donors (Lipinski definition) is 0. The van der Waals surface area contributed by atoms with E-state index in [0.29, 0.717) is 0 Å². The molecular formula is C18H25N5O. The molecule has 0 N–H and O–H groups in total. The summed E-state index contributed by atoms with van der Waals surface area (Å²) in [5.41, 5.74) is 1.61. The molecule has 0 bridgehead atoms. The standard InChI is InChI=1S/C18H25N5O/c1-15-5-4-6-16(20-15)13-22-10-7-18(8-11-22,17(24)21(2)3)23-12-9-19-14-23/h4-6,9,12,14H,7-8,10-11,13H2,1-3H3. The molecule has 0 radical (unpaired) electrons. The molecule has 24 heavy (non-hydrogen) atoms. The summed E-state index contributed by atoms with van der Waals surface area (Å²) in [6, 6.07) is 6.13. The predicted octanol–water partition coefficient (Wildman–Crippen LogP) is 1.67. The third-order valence-electron chi connectivity index (χ3n) is 4.82. The van der Waals surface area contributed by atoms with Crippen LogP contribution in [0.3, 0.4) is 0 Å². The summed E-state index contributed by atoms with van der Waals surface area (Å²) in [7, 11) is 3.65. The number of amides is 1. The van der Waals surface area contributed by atoms with Crippen molar-refractivity contribution in [3.8, 4) is 0 Å². The molecule has 1 fully saturated rings. The lowest BCUT2D eigenvalue weighted by Gasteiger charge is -2.42. The van der Waals surface area contributed by atoms with Crippen molar-refractivity contribution in [3.63, 3.8) is 0 Å². The molecule has 0 aromatic carbocycles. The predicted molar refractivity (Wildman–Crippen MR) is 92.4 cm³/mol. The van der Waals surface area contributed by atoms with Gasteiger partial charge in [0.1, 0.15) is 5.54 Å². The van der Waals surface area contributed by atoms with E-state index >= 15 is 0 Å². The van der Waals surface area contributed by atoms with Crippen LogP contribution in [0.25, 0.3) is 0 Å². The van der Waals surface area contributed by atoms with Crippen molar-refractivity contribution in [2.75, 3.05) is 27.2 Å². The molecule has 1 aliphatic rings. The monoisotopic (exact) mass is 327 g/mol. The Hall–Kier alpha value is -2.21. The van der Waals surface area contributed by atoms with E-state index in [4.69, 9.17) is 0 Å². The molecule has 6 heteroatoms. The quantitative estimate of drug-likeness (QED) is 0.857. The molecule has 1 aliphatic heterocycles. The fourth-order valence-corrected chi connectivity index (χ4v) is 3.51. The van der Waals surface area contributed by atoms with Crippen molar-refractivity contribution in [3.05, 3.63) is 48.3 Å². The topological polar surface area (TPSA) is 54.3 Å². The molecule has 0 spiro atoms. The zero-order chi connectivity index (χ0) is 17.2. The zero-order valence-corrected chi connectivity index (χ0v) is 14.6. The van der Waals surface area contributed by atoms with Crippen molar-refractivity contribution in [1.82, 2.24) is 24.3 Å². The number of carbonyl (C=O) groups excluding carboxylic acids is 1. The lowest BCUT2D eigenvalue weighted by molar-refractivity contribution is -0.141. The second-order valence-corrected chi connectivity index (χ2v) is 6.75.